The van der Waals surface area contributed by atoms with E-state index >= 15 is 0 Å². The van der Waals surface area contributed by atoms with Crippen molar-refractivity contribution in [2.45, 2.75) is 19.9 Å². The van der Waals surface area contributed by atoms with Gasteiger partial charge in [-0.1, -0.05) is 6.92 Å². The predicted octanol–water partition coefficient (Wildman–Crippen LogP) is 2.49. The Morgan fingerprint density at radius 1 is 1.56 bits per heavy atom. The van der Waals surface area contributed by atoms with E-state index in [2.05, 4.69) is 5.10 Å². The second kappa shape index (κ2) is 3.88. The Balaban J connectivity index is 2.71. The van der Waals surface area contributed by atoms with E-state index in [0.29, 0.717) is 12.1 Å². The van der Waals surface area contributed by atoms with Crippen LogP contribution in [0.1, 0.15) is 13.3 Å². The smallest absolute Gasteiger partial charge is 0.358 e. The molecular formula is C10H10FN3O2. The Morgan fingerprint density at radius 3 is 2.94 bits per heavy atom. The SMILES string of the molecule is CCCn1nc([N+](=O)[O-])c2cc(F)ccc21. The van der Waals surface area contributed by atoms with Crippen molar-refractivity contribution in [3.05, 3.63) is 34.1 Å². The minimum Gasteiger partial charge on any atom is -0.358 e. The molecule has 0 atom stereocenters. The highest BCUT2D eigenvalue weighted by Gasteiger charge is 2.21. The van der Waals surface area contributed by atoms with Gasteiger partial charge in [0.05, 0.1) is 17.2 Å². The van der Waals surface area contributed by atoms with E-state index in [9.17, 15) is 14.5 Å². The average molecular weight is 223 g/mol. The summed E-state index contributed by atoms with van der Waals surface area (Å²) in [4.78, 5) is 10.2. The van der Waals surface area contributed by atoms with E-state index in [1.165, 1.54) is 16.8 Å². The van der Waals surface area contributed by atoms with Crippen molar-refractivity contribution in [3.8, 4) is 0 Å². The lowest BCUT2D eigenvalue weighted by Gasteiger charge is -1.94. The summed E-state index contributed by atoms with van der Waals surface area (Å²) in [6.45, 7) is 2.53. The third-order valence-corrected chi connectivity index (χ3v) is 2.30. The number of benzene rings is 1. The van der Waals surface area contributed by atoms with Crippen LogP contribution in [0.3, 0.4) is 0 Å². The van der Waals surface area contributed by atoms with Crippen molar-refractivity contribution < 1.29 is 9.31 Å². The molecule has 1 aromatic heterocycles. The zero-order chi connectivity index (χ0) is 11.7. The van der Waals surface area contributed by atoms with Gasteiger partial charge in [-0.25, -0.2) is 4.39 Å². The fourth-order valence-corrected chi connectivity index (χ4v) is 1.65. The maximum Gasteiger partial charge on any atom is 0.397 e. The number of halogens is 1. The molecule has 0 aliphatic carbocycles. The lowest BCUT2D eigenvalue weighted by atomic mass is 10.2. The summed E-state index contributed by atoms with van der Waals surface area (Å²) < 4.78 is 14.6. The van der Waals surface area contributed by atoms with Crippen LogP contribution in [0, 0.1) is 15.9 Å². The van der Waals surface area contributed by atoms with Crippen LogP contribution in [-0.4, -0.2) is 14.7 Å². The van der Waals surface area contributed by atoms with Crippen molar-refractivity contribution >= 4 is 16.7 Å². The van der Waals surface area contributed by atoms with Gasteiger partial charge in [-0.15, -0.1) is 0 Å². The molecule has 0 unspecified atom stereocenters. The number of aromatic nitrogens is 2. The molecule has 0 saturated heterocycles. The van der Waals surface area contributed by atoms with Gasteiger partial charge in [-0.3, -0.25) is 0 Å². The fourth-order valence-electron chi connectivity index (χ4n) is 1.65. The second-order valence-corrected chi connectivity index (χ2v) is 3.47. The summed E-state index contributed by atoms with van der Waals surface area (Å²) in [5, 5.41) is 14.9. The van der Waals surface area contributed by atoms with Gasteiger partial charge in [0.25, 0.3) is 0 Å². The highest BCUT2D eigenvalue weighted by Crippen LogP contribution is 2.25. The molecule has 16 heavy (non-hydrogen) atoms. The zero-order valence-corrected chi connectivity index (χ0v) is 8.68. The molecule has 5 nitrogen and oxygen atoms in total. The Morgan fingerprint density at radius 2 is 2.31 bits per heavy atom. The Labute approximate surface area is 90.6 Å². The van der Waals surface area contributed by atoms with Gasteiger partial charge < -0.3 is 10.1 Å². The molecule has 0 aliphatic rings. The molecule has 0 bridgehead atoms. The lowest BCUT2D eigenvalue weighted by Crippen LogP contribution is -1.99. The first kappa shape index (κ1) is 10.5. The van der Waals surface area contributed by atoms with Crippen molar-refractivity contribution in [2.24, 2.45) is 0 Å². The van der Waals surface area contributed by atoms with Crippen molar-refractivity contribution in [3.63, 3.8) is 0 Å². The molecule has 1 heterocycles. The van der Waals surface area contributed by atoms with Crippen LogP contribution in [0.4, 0.5) is 10.2 Å². The Hall–Kier alpha value is -1.98. The maximum atomic E-state index is 13.0. The molecular weight excluding hydrogens is 213 g/mol. The van der Waals surface area contributed by atoms with E-state index in [0.717, 1.165) is 12.5 Å². The Kier molecular flexibility index (Phi) is 2.55. The van der Waals surface area contributed by atoms with Crippen molar-refractivity contribution in [1.82, 2.24) is 9.78 Å². The molecule has 2 aromatic rings. The standard InChI is InChI=1S/C10H10FN3O2/c1-2-5-13-9-4-3-7(11)6-8(9)10(12-13)14(15)16/h3-4,6H,2,5H2,1H3. The Bertz CT molecular complexity index is 550. The van der Waals surface area contributed by atoms with Crippen LogP contribution in [0.25, 0.3) is 10.9 Å². The minimum atomic E-state index is -0.589. The molecule has 0 saturated carbocycles. The van der Waals surface area contributed by atoms with Crippen LogP contribution < -0.4 is 0 Å². The van der Waals surface area contributed by atoms with Crippen LogP contribution >= 0.6 is 0 Å². The number of hydrogen-bond acceptors (Lipinski definition) is 3. The van der Waals surface area contributed by atoms with Crippen LogP contribution in [0.15, 0.2) is 18.2 Å². The summed E-state index contributed by atoms with van der Waals surface area (Å²) in [6.07, 6.45) is 0.811. The molecule has 2 rings (SSSR count). The number of fused-ring (bicyclic) bond motifs is 1. The van der Waals surface area contributed by atoms with Crippen molar-refractivity contribution in [2.75, 3.05) is 0 Å². The summed E-state index contributed by atoms with van der Waals surface area (Å²) in [7, 11) is 0. The normalized spacial score (nSPS) is 10.9. The monoisotopic (exact) mass is 223 g/mol. The second-order valence-electron chi connectivity index (χ2n) is 3.47. The van der Waals surface area contributed by atoms with Crippen LogP contribution in [-0.2, 0) is 6.54 Å². The molecule has 0 spiro atoms. The van der Waals surface area contributed by atoms with E-state index in [-0.39, 0.29) is 11.2 Å². The number of hydrogen-bond donors (Lipinski definition) is 0. The van der Waals surface area contributed by atoms with Gasteiger partial charge in [-0.05, 0) is 29.5 Å². The molecule has 0 aliphatic heterocycles. The first-order chi connectivity index (χ1) is 7.63. The summed E-state index contributed by atoms with van der Waals surface area (Å²) in [5.41, 5.74) is 0.593. The van der Waals surface area contributed by atoms with E-state index in [1.807, 2.05) is 6.92 Å². The quantitative estimate of drug-likeness (QED) is 0.593. The van der Waals surface area contributed by atoms with Gasteiger partial charge >= 0.3 is 5.82 Å². The molecule has 84 valence electrons. The molecule has 6 heteroatoms. The molecule has 0 fully saturated rings. The fraction of sp³-hybridized carbons (Fsp3) is 0.300. The number of rotatable bonds is 3. The third-order valence-electron chi connectivity index (χ3n) is 2.30. The number of nitrogens with zero attached hydrogens (tertiary/aromatic N) is 3. The zero-order valence-electron chi connectivity index (χ0n) is 8.68. The minimum absolute atomic E-state index is 0.249. The van der Waals surface area contributed by atoms with Gasteiger partial charge in [-0.2, -0.15) is 4.68 Å². The summed E-state index contributed by atoms with van der Waals surface area (Å²) in [5.74, 6) is -0.783. The third kappa shape index (κ3) is 1.62. The van der Waals surface area contributed by atoms with Gasteiger partial charge in [0.2, 0.25) is 0 Å². The van der Waals surface area contributed by atoms with Gasteiger partial charge in [0, 0.05) is 0 Å². The molecule has 0 N–H and O–H groups in total. The lowest BCUT2D eigenvalue weighted by molar-refractivity contribution is -0.388. The summed E-state index contributed by atoms with van der Waals surface area (Å²) in [6, 6.07) is 3.94. The topological polar surface area (TPSA) is 61.0 Å². The molecule has 0 amide bonds. The molecule has 0 radical (unpaired) electrons. The van der Waals surface area contributed by atoms with Gasteiger partial charge in [0.15, 0.2) is 0 Å². The van der Waals surface area contributed by atoms with E-state index in [4.69, 9.17) is 0 Å². The summed E-state index contributed by atoms with van der Waals surface area (Å²) >= 11 is 0. The largest absolute Gasteiger partial charge is 0.397 e. The van der Waals surface area contributed by atoms with Crippen LogP contribution in [0.5, 0.6) is 0 Å². The first-order valence-electron chi connectivity index (χ1n) is 4.94. The number of nitro groups is 1. The highest BCUT2D eigenvalue weighted by molar-refractivity contribution is 5.87. The molecule has 1 aromatic carbocycles. The predicted molar refractivity (Wildman–Crippen MR) is 56.6 cm³/mol. The highest BCUT2D eigenvalue weighted by atomic mass is 19.1. The first-order valence-corrected chi connectivity index (χ1v) is 4.94. The van der Waals surface area contributed by atoms with Gasteiger partial charge in [0.1, 0.15) is 11.2 Å². The average Bonchev–Trinajstić information content (AvgIpc) is 2.57. The maximum absolute atomic E-state index is 13.0. The van der Waals surface area contributed by atoms with Crippen LogP contribution in [0.2, 0.25) is 0 Å². The van der Waals surface area contributed by atoms with E-state index < -0.39 is 10.7 Å². The van der Waals surface area contributed by atoms with Crippen molar-refractivity contribution in [1.29, 1.82) is 0 Å². The van der Waals surface area contributed by atoms with E-state index in [1.54, 1.807) is 0 Å². The number of aryl methyl sites for hydroxylation is 1.